The fourth-order valence-electron chi connectivity index (χ4n) is 1.95. The van der Waals surface area contributed by atoms with Crippen LogP contribution in [0.2, 0.25) is 0 Å². The van der Waals surface area contributed by atoms with E-state index in [0.717, 1.165) is 10.9 Å². The minimum absolute atomic E-state index is 0.237. The van der Waals surface area contributed by atoms with Gasteiger partial charge in [0.2, 0.25) is 0 Å². The molecule has 2 rings (SSSR count). The standard InChI is InChI=1S/C11H11Br2NO3/c12-7-4-8(17-10(7)13)9(15)11(5-14)2-1-3-16-6-11/h4,9,15H,1-3,6H2. The molecule has 1 N–H and O–H groups in total. The van der Waals surface area contributed by atoms with Crippen LogP contribution in [0, 0.1) is 16.7 Å². The fourth-order valence-corrected chi connectivity index (χ4v) is 2.56. The zero-order valence-electron chi connectivity index (χ0n) is 8.95. The lowest BCUT2D eigenvalue weighted by Crippen LogP contribution is -2.36. The summed E-state index contributed by atoms with van der Waals surface area (Å²) in [6.45, 7) is 0.877. The van der Waals surface area contributed by atoms with Crippen LogP contribution in [0.4, 0.5) is 0 Å². The van der Waals surface area contributed by atoms with E-state index in [1.165, 1.54) is 0 Å². The molecule has 1 fully saturated rings. The Bertz CT molecular complexity index is 427. The third kappa shape index (κ3) is 2.43. The molecule has 1 aromatic heterocycles. The van der Waals surface area contributed by atoms with Gasteiger partial charge in [0, 0.05) is 6.61 Å². The van der Waals surface area contributed by atoms with Crippen LogP contribution in [0.1, 0.15) is 24.7 Å². The predicted molar refractivity (Wildman–Crippen MR) is 67.2 cm³/mol. The Kier molecular flexibility index (Phi) is 3.93. The molecule has 2 atom stereocenters. The van der Waals surface area contributed by atoms with Crippen molar-refractivity contribution in [3.63, 3.8) is 0 Å². The molecule has 1 aliphatic rings. The third-order valence-electron chi connectivity index (χ3n) is 2.95. The summed E-state index contributed by atoms with van der Waals surface area (Å²) in [6.07, 6.45) is 0.407. The monoisotopic (exact) mass is 363 g/mol. The third-order valence-corrected chi connectivity index (χ3v) is 4.66. The van der Waals surface area contributed by atoms with E-state index in [0.29, 0.717) is 23.5 Å². The minimum atomic E-state index is -0.976. The van der Waals surface area contributed by atoms with E-state index in [9.17, 15) is 10.4 Å². The van der Waals surface area contributed by atoms with Crippen molar-refractivity contribution in [2.24, 2.45) is 5.41 Å². The lowest BCUT2D eigenvalue weighted by Gasteiger charge is -2.33. The van der Waals surface area contributed by atoms with Crippen molar-refractivity contribution < 1.29 is 14.3 Å². The molecule has 0 aromatic carbocycles. The van der Waals surface area contributed by atoms with Crippen molar-refractivity contribution in [2.45, 2.75) is 18.9 Å². The summed E-state index contributed by atoms with van der Waals surface area (Å²) < 4.78 is 11.9. The van der Waals surface area contributed by atoms with Gasteiger partial charge in [0.25, 0.3) is 0 Å². The Morgan fingerprint density at radius 2 is 2.29 bits per heavy atom. The van der Waals surface area contributed by atoms with Crippen molar-refractivity contribution in [3.05, 3.63) is 21.0 Å². The van der Waals surface area contributed by atoms with Gasteiger partial charge in [-0.1, -0.05) is 0 Å². The van der Waals surface area contributed by atoms with Crippen LogP contribution in [0.25, 0.3) is 0 Å². The van der Waals surface area contributed by atoms with E-state index in [1.807, 2.05) is 0 Å². The van der Waals surface area contributed by atoms with Gasteiger partial charge in [-0.3, -0.25) is 0 Å². The van der Waals surface area contributed by atoms with Crippen LogP contribution in [0.5, 0.6) is 0 Å². The highest BCUT2D eigenvalue weighted by molar-refractivity contribution is 9.13. The molecule has 1 aliphatic heterocycles. The number of hydrogen-bond acceptors (Lipinski definition) is 4. The first-order valence-corrected chi connectivity index (χ1v) is 6.79. The number of aliphatic hydroxyl groups is 1. The van der Waals surface area contributed by atoms with E-state index in [-0.39, 0.29) is 6.61 Å². The predicted octanol–water partition coefficient (Wildman–Crippen LogP) is 3.16. The van der Waals surface area contributed by atoms with Crippen molar-refractivity contribution in [3.8, 4) is 6.07 Å². The summed E-state index contributed by atoms with van der Waals surface area (Å²) in [5, 5.41) is 19.6. The molecule has 0 radical (unpaired) electrons. The first-order chi connectivity index (χ1) is 8.09. The van der Waals surface area contributed by atoms with Gasteiger partial charge in [0.05, 0.1) is 17.1 Å². The van der Waals surface area contributed by atoms with Crippen LogP contribution in [-0.2, 0) is 4.74 Å². The first-order valence-electron chi connectivity index (χ1n) is 5.21. The van der Waals surface area contributed by atoms with E-state index in [4.69, 9.17) is 9.15 Å². The number of nitriles is 1. The van der Waals surface area contributed by atoms with Gasteiger partial charge < -0.3 is 14.3 Å². The summed E-state index contributed by atoms with van der Waals surface area (Å²) >= 11 is 6.49. The van der Waals surface area contributed by atoms with Gasteiger partial charge in [0.15, 0.2) is 4.67 Å². The zero-order valence-corrected chi connectivity index (χ0v) is 12.1. The SMILES string of the molecule is N#CC1(C(O)c2cc(Br)c(Br)o2)CCCOC1. The Hall–Kier alpha value is -0.350. The second-order valence-electron chi connectivity index (χ2n) is 4.10. The molecule has 4 nitrogen and oxygen atoms in total. The molecule has 92 valence electrons. The lowest BCUT2D eigenvalue weighted by atomic mass is 9.78. The maximum Gasteiger partial charge on any atom is 0.183 e. The molecule has 2 unspecified atom stereocenters. The van der Waals surface area contributed by atoms with Crippen LogP contribution < -0.4 is 0 Å². The number of aliphatic hydroxyl groups excluding tert-OH is 1. The van der Waals surface area contributed by atoms with Gasteiger partial charge >= 0.3 is 0 Å². The van der Waals surface area contributed by atoms with Gasteiger partial charge in [-0.25, -0.2) is 0 Å². The highest BCUT2D eigenvalue weighted by Crippen LogP contribution is 2.42. The number of nitrogens with zero attached hydrogens (tertiary/aromatic N) is 1. The topological polar surface area (TPSA) is 66.4 Å². The van der Waals surface area contributed by atoms with Crippen LogP contribution in [0.15, 0.2) is 19.6 Å². The molecule has 0 amide bonds. The maximum atomic E-state index is 10.3. The van der Waals surface area contributed by atoms with Crippen molar-refractivity contribution >= 4 is 31.9 Å². The van der Waals surface area contributed by atoms with Crippen molar-refractivity contribution in [1.82, 2.24) is 0 Å². The van der Waals surface area contributed by atoms with E-state index >= 15 is 0 Å². The average molecular weight is 365 g/mol. The molecule has 2 heterocycles. The largest absolute Gasteiger partial charge is 0.450 e. The first kappa shape index (κ1) is 13.1. The molecule has 0 spiro atoms. The Labute approximate surface area is 116 Å². The zero-order chi connectivity index (χ0) is 12.5. The summed E-state index contributed by atoms with van der Waals surface area (Å²) in [7, 11) is 0. The highest BCUT2D eigenvalue weighted by atomic mass is 79.9. The summed E-state index contributed by atoms with van der Waals surface area (Å²) in [6, 6.07) is 3.85. The van der Waals surface area contributed by atoms with Gasteiger partial charge in [-0.15, -0.1) is 0 Å². The van der Waals surface area contributed by atoms with E-state index in [1.54, 1.807) is 6.07 Å². The van der Waals surface area contributed by atoms with Crippen LogP contribution in [-0.4, -0.2) is 18.3 Å². The number of furan rings is 1. The van der Waals surface area contributed by atoms with Gasteiger partial charge in [0.1, 0.15) is 17.3 Å². The summed E-state index contributed by atoms with van der Waals surface area (Å²) in [4.78, 5) is 0. The number of hydrogen-bond donors (Lipinski definition) is 1. The smallest absolute Gasteiger partial charge is 0.183 e. The lowest BCUT2D eigenvalue weighted by molar-refractivity contribution is -0.0582. The second kappa shape index (κ2) is 5.11. The Balaban J connectivity index is 2.28. The molecule has 17 heavy (non-hydrogen) atoms. The van der Waals surface area contributed by atoms with E-state index < -0.39 is 11.5 Å². The average Bonchev–Trinajstić information content (AvgIpc) is 2.69. The second-order valence-corrected chi connectivity index (χ2v) is 5.67. The molecule has 0 saturated carbocycles. The van der Waals surface area contributed by atoms with Crippen molar-refractivity contribution in [2.75, 3.05) is 13.2 Å². The minimum Gasteiger partial charge on any atom is -0.450 e. The molecule has 0 bridgehead atoms. The van der Waals surface area contributed by atoms with Gasteiger partial charge in [-0.05, 0) is 50.8 Å². The molecule has 0 aliphatic carbocycles. The quantitative estimate of drug-likeness (QED) is 0.875. The van der Waals surface area contributed by atoms with Crippen LogP contribution >= 0.6 is 31.9 Å². The van der Waals surface area contributed by atoms with Crippen LogP contribution in [0.3, 0.4) is 0 Å². The fraction of sp³-hybridized carbons (Fsp3) is 0.545. The van der Waals surface area contributed by atoms with E-state index in [2.05, 4.69) is 37.9 Å². The van der Waals surface area contributed by atoms with Gasteiger partial charge in [-0.2, -0.15) is 5.26 Å². The number of ether oxygens (including phenoxy) is 1. The normalized spacial score (nSPS) is 26.5. The molecular formula is C11H11Br2NO3. The Morgan fingerprint density at radius 1 is 1.53 bits per heavy atom. The molecule has 1 aromatic rings. The maximum absolute atomic E-state index is 10.3. The van der Waals surface area contributed by atoms with Crippen molar-refractivity contribution in [1.29, 1.82) is 5.26 Å². The molecular weight excluding hydrogens is 354 g/mol. The summed E-state index contributed by atoms with van der Waals surface area (Å²) in [5.41, 5.74) is -0.908. The molecule has 6 heteroatoms. The number of halogens is 2. The highest BCUT2D eigenvalue weighted by Gasteiger charge is 2.43. The number of rotatable bonds is 2. The molecule has 1 saturated heterocycles. The Morgan fingerprint density at radius 3 is 2.76 bits per heavy atom. The summed E-state index contributed by atoms with van der Waals surface area (Å²) in [5.74, 6) is 0.371.